The quantitative estimate of drug-likeness (QED) is 0.759. The number of H-pyrrole nitrogens is 2. The zero-order valence-electron chi connectivity index (χ0n) is 14.6. The summed E-state index contributed by atoms with van der Waals surface area (Å²) in [5.41, 5.74) is 4.59. The molecule has 5 nitrogen and oxygen atoms in total. The number of amides is 1. The van der Waals surface area contributed by atoms with Gasteiger partial charge < -0.3 is 9.88 Å². The lowest BCUT2D eigenvalue weighted by Crippen LogP contribution is -2.39. The van der Waals surface area contributed by atoms with Gasteiger partial charge >= 0.3 is 0 Å². The van der Waals surface area contributed by atoms with Gasteiger partial charge in [-0.3, -0.25) is 9.89 Å². The van der Waals surface area contributed by atoms with Gasteiger partial charge in [0.25, 0.3) is 0 Å². The molecule has 0 unspecified atom stereocenters. The fourth-order valence-electron chi connectivity index (χ4n) is 3.95. The number of hydrogen-bond acceptors (Lipinski definition) is 2. The van der Waals surface area contributed by atoms with Crippen LogP contribution in [0.5, 0.6) is 0 Å². The second-order valence-electron chi connectivity index (χ2n) is 6.92. The van der Waals surface area contributed by atoms with Gasteiger partial charge in [0.05, 0.1) is 17.9 Å². The van der Waals surface area contributed by atoms with E-state index in [1.54, 1.807) is 0 Å². The first-order chi connectivity index (χ1) is 12.2. The number of benzene rings is 1. The van der Waals surface area contributed by atoms with Crippen molar-refractivity contribution in [1.82, 2.24) is 20.1 Å². The van der Waals surface area contributed by atoms with E-state index in [2.05, 4.69) is 39.1 Å². The summed E-state index contributed by atoms with van der Waals surface area (Å²) < 4.78 is 0. The molecule has 1 saturated heterocycles. The zero-order chi connectivity index (χ0) is 17.2. The molecule has 1 atom stereocenters. The predicted molar refractivity (Wildman–Crippen MR) is 98.2 cm³/mol. The molecule has 0 radical (unpaired) electrons. The lowest BCUT2D eigenvalue weighted by molar-refractivity contribution is -0.135. The summed E-state index contributed by atoms with van der Waals surface area (Å²) in [6.45, 7) is 2.90. The van der Waals surface area contributed by atoms with Gasteiger partial charge in [0, 0.05) is 30.1 Å². The highest BCUT2D eigenvalue weighted by Gasteiger charge is 2.29. The Morgan fingerprint density at radius 1 is 1.32 bits per heavy atom. The third-order valence-corrected chi connectivity index (χ3v) is 5.31. The average molecular weight is 336 g/mol. The Morgan fingerprint density at radius 2 is 2.20 bits per heavy atom. The number of nitrogens with one attached hydrogen (secondary N) is 2. The SMILES string of the molecule is Cc1cn[nH]c1[C@@H]1CCCCN1C(=O)CCc1c[nH]c2ccccc12. The fraction of sp³-hybridized carbons (Fsp3) is 0.400. The van der Waals surface area contributed by atoms with E-state index in [0.717, 1.165) is 49.0 Å². The molecule has 1 amide bonds. The van der Waals surface area contributed by atoms with E-state index in [9.17, 15) is 4.79 Å². The maximum Gasteiger partial charge on any atom is 0.223 e. The molecular formula is C20H24N4O. The number of likely N-dealkylation sites (tertiary alicyclic amines) is 1. The number of aromatic amines is 2. The van der Waals surface area contributed by atoms with E-state index >= 15 is 0 Å². The number of aromatic nitrogens is 3. The van der Waals surface area contributed by atoms with E-state index in [1.807, 2.05) is 24.5 Å². The Bertz CT molecular complexity index is 879. The van der Waals surface area contributed by atoms with Crippen LogP contribution >= 0.6 is 0 Å². The number of fused-ring (bicyclic) bond motifs is 1. The van der Waals surface area contributed by atoms with Gasteiger partial charge in [-0.15, -0.1) is 0 Å². The maximum atomic E-state index is 12.9. The molecule has 2 N–H and O–H groups in total. The molecule has 5 heteroatoms. The Labute approximate surface area is 147 Å². The summed E-state index contributed by atoms with van der Waals surface area (Å²) >= 11 is 0. The monoisotopic (exact) mass is 336 g/mol. The second kappa shape index (κ2) is 6.75. The van der Waals surface area contributed by atoms with Gasteiger partial charge in [-0.05, 0) is 49.8 Å². The van der Waals surface area contributed by atoms with Gasteiger partial charge in [0.1, 0.15) is 0 Å². The molecule has 0 aliphatic carbocycles. The molecule has 2 aromatic heterocycles. The van der Waals surface area contributed by atoms with Crippen molar-refractivity contribution >= 4 is 16.8 Å². The third kappa shape index (κ3) is 3.06. The van der Waals surface area contributed by atoms with Crippen molar-refractivity contribution in [3.63, 3.8) is 0 Å². The van der Waals surface area contributed by atoms with Crippen molar-refractivity contribution in [3.05, 3.63) is 53.5 Å². The Morgan fingerprint density at radius 3 is 3.04 bits per heavy atom. The van der Waals surface area contributed by atoms with Gasteiger partial charge in [-0.2, -0.15) is 5.10 Å². The largest absolute Gasteiger partial charge is 0.361 e. The van der Waals surface area contributed by atoms with Gasteiger partial charge in [-0.25, -0.2) is 0 Å². The smallest absolute Gasteiger partial charge is 0.223 e. The van der Waals surface area contributed by atoms with E-state index in [4.69, 9.17) is 0 Å². The van der Waals surface area contributed by atoms with Crippen molar-refractivity contribution < 1.29 is 4.79 Å². The number of nitrogens with zero attached hydrogens (tertiary/aromatic N) is 2. The van der Waals surface area contributed by atoms with Crippen molar-refractivity contribution in [2.45, 2.75) is 45.1 Å². The molecule has 4 rings (SSSR count). The van der Waals surface area contributed by atoms with Crippen LogP contribution in [0.1, 0.15) is 48.5 Å². The highest BCUT2D eigenvalue weighted by molar-refractivity contribution is 5.84. The van der Waals surface area contributed by atoms with Crippen LogP contribution in [-0.2, 0) is 11.2 Å². The first-order valence-corrected chi connectivity index (χ1v) is 9.08. The molecule has 3 aromatic rings. The van der Waals surface area contributed by atoms with Crippen LogP contribution in [0.15, 0.2) is 36.7 Å². The summed E-state index contributed by atoms with van der Waals surface area (Å²) in [5.74, 6) is 0.240. The number of carbonyl (C=O) groups is 1. The standard InChI is InChI=1S/C20H24N4O/c1-14-12-22-23-20(14)18-8-4-5-11-24(18)19(25)10-9-15-13-21-17-7-3-2-6-16(15)17/h2-3,6-7,12-13,18,21H,4-5,8-11H2,1H3,(H,22,23)/t18-/m0/s1. The second-order valence-corrected chi connectivity index (χ2v) is 6.92. The summed E-state index contributed by atoms with van der Waals surface area (Å²) in [5, 5.41) is 8.47. The van der Waals surface area contributed by atoms with Crippen LogP contribution in [0.3, 0.4) is 0 Å². The molecule has 1 aliphatic rings. The number of aryl methyl sites for hydroxylation is 2. The minimum Gasteiger partial charge on any atom is -0.361 e. The number of rotatable bonds is 4. The maximum absolute atomic E-state index is 12.9. The molecule has 1 aromatic carbocycles. The molecule has 1 aliphatic heterocycles. The van der Waals surface area contributed by atoms with Crippen LogP contribution in [0.2, 0.25) is 0 Å². The Balaban J connectivity index is 1.48. The topological polar surface area (TPSA) is 64.8 Å². The van der Waals surface area contributed by atoms with Crippen LogP contribution in [0.4, 0.5) is 0 Å². The summed E-state index contributed by atoms with van der Waals surface area (Å²) in [7, 11) is 0. The van der Waals surface area contributed by atoms with Crippen LogP contribution in [0.25, 0.3) is 10.9 Å². The number of para-hydroxylation sites is 1. The average Bonchev–Trinajstić information content (AvgIpc) is 3.26. The molecule has 0 saturated carbocycles. The van der Waals surface area contributed by atoms with E-state index < -0.39 is 0 Å². The first-order valence-electron chi connectivity index (χ1n) is 9.08. The zero-order valence-corrected chi connectivity index (χ0v) is 14.6. The molecule has 1 fully saturated rings. The first kappa shape index (κ1) is 15.9. The lowest BCUT2D eigenvalue weighted by Gasteiger charge is -2.35. The highest BCUT2D eigenvalue weighted by atomic mass is 16.2. The highest BCUT2D eigenvalue weighted by Crippen LogP contribution is 2.32. The summed E-state index contributed by atoms with van der Waals surface area (Å²) in [6.07, 6.45) is 8.46. The molecule has 3 heterocycles. The fourth-order valence-corrected chi connectivity index (χ4v) is 3.95. The van der Waals surface area contributed by atoms with Crippen molar-refractivity contribution in [3.8, 4) is 0 Å². The van der Waals surface area contributed by atoms with E-state index in [1.165, 1.54) is 10.9 Å². The normalized spacial score (nSPS) is 18.0. The molecule has 130 valence electrons. The molecular weight excluding hydrogens is 312 g/mol. The summed E-state index contributed by atoms with van der Waals surface area (Å²) in [6, 6.07) is 8.40. The van der Waals surface area contributed by atoms with Crippen LogP contribution < -0.4 is 0 Å². The van der Waals surface area contributed by atoms with Crippen LogP contribution in [0, 0.1) is 6.92 Å². The van der Waals surface area contributed by atoms with Crippen molar-refractivity contribution in [2.75, 3.05) is 6.54 Å². The minimum atomic E-state index is 0.145. The molecule has 0 spiro atoms. The third-order valence-electron chi connectivity index (χ3n) is 5.31. The van der Waals surface area contributed by atoms with Gasteiger partial charge in [0.15, 0.2) is 0 Å². The number of carbonyl (C=O) groups excluding carboxylic acids is 1. The van der Waals surface area contributed by atoms with Gasteiger partial charge in [-0.1, -0.05) is 18.2 Å². The van der Waals surface area contributed by atoms with E-state index in [0.29, 0.717) is 6.42 Å². The Kier molecular flexibility index (Phi) is 4.30. The number of hydrogen-bond donors (Lipinski definition) is 2. The minimum absolute atomic E-state index is 0.145. The van der Waals surface area contributed by atoms with Crippen molar-refractivity contribution in [2.24, 2.45) is 0 Å². The van der Waals surface area contributed by atoms with E-state index in [-0.39, 0.29) is 11.9 Å². The van der Waals surface area contributed by atoms with Gasteiger partial charge in [0.2, 0.25) is 5.91 Å². The summed E-state index contributed by atoms with van der Waals surface area (Å²) in [4.78, 5) is 18.3. The molecule has 0 bridgehead atoms. The molecule has 25 heavy (non-hydrogen) atoms. The Hall–Kier alpha value is -2.56. The predicted octanol–water partition coefficient (Wildman–Crippen LogP) is 3.89. The van der Waals surface area contributed by atoms with Crippen molar-refractivity contribution in [1.29, 1.82) is 0 Å². The lowest BCUT2D eigenvalue weighted by atomic mass is 9.96. The van der Waals surface area contributed by atoms with Crippen LogP contribution in [-0.4, -0.2) is 32.5 Å². The number of piperidine rings is 1.